The van der Waals surface area contributed by atoms with Gasteiger partial charge in [0.2, 0.25) is 5.95 Å². The maximum Gasteiger partial charge on any atom is 0.325 e. The Hall–Kier alpha value is -1.98. The van der Waals surface area contributed by atoms with Crippen LogP contribution in [0, 0.1) is 11.9 Å². The minimum absolute atomic E-state index is 0.141. The van der Waals surface area contributed by atoms with E-state index in [-0.39, 0.29) is 24.6 Å². The molecule has 0 saturated heterocycles. The third-order valence-electron chi connectivity index (χ3n) is 2.49. The highest BCUT2D eigenvalue weighted by atomic mass is 19.1. The zero-order chi connectivity index (χ0) is 15.1. The molecule has 0 aromatic carbocycles. The standard InChI is InChI=1S/C14H19FN2O3/c1-4-20-12(18)9-17(8-10(2)3)14(19)11-6-5-7-16-13(11)15/h5-7,10H,4,8-9H2,1-3H3. The number of amides is 1. The molecular weight excluding hydrogens is 263 g/mol. The van der Waals surface area contributed by atoms with Crippen molar-refractivity contribution in [3.63, 3.8) is 0 Å². The summed E-state index contributed by atoms with van der Waals surface area (Å²) in [6.07, 6.45) is 1.27. The van der Waals surface area contributed by atoms with E-state index in [4.69, 9.17) is 4.74 Å². The second-order valence-corrected chi connectivity index (χ2v) is 4.73. The van der Waals surface area contributed by atoms with Gasteiger partial charge in [-0.05, 0) is 25.0 Å². The summed E-state index contributed by atoms with van der Waals surface area (Å²) in [6, 6.07) is 2.83. The van der Waals surface area contributed by atoms with E-state index in [0.717, 1.165) is 0 Å². The molecule has 0 aliphatic heterocycles. The van der Waals surface area contributed by atoms with Crippen molar-refractivity contribution in [1.29, 1.82) is 0 Å². The Morgan fingerprint density at radius 3 is 2.70 bits per heavy atom. The molecule has 1 aromatic rings. The van der Waals surface area contributed by atoms with Crippen molar-refractivity contribution in [2.24, 2.45) is 5.92 Å². The van der Waals surface area contributed by atoms with Crippen molar-refractivity contribution in [2.45, 2.75) is 20.8 Å². The molecule has 1 rings (SSSR count). The number of halogens is 1. The molecule has 0 unspecified atom stereocenters. The Labute approximate surface area is 117 Å². The predicted molar refractivity (Wildman–Crippen MR) is 71.6 cm³/mol. The number of nitrogens with zero attached hydrogens (tertiary/aromatic N) is 2. The van der Waals surface area contributed by atoms with Crippen LogP contribution >= 0.6 is 0 Å². The van der Waals surface area contributed by atoms with Crippen molar-refractivity contribution in [3.8, 4) is 0 Å². The summed E-state index contributed by atoms with van der Waals surface area (Å²) in [5.41, 5.74) is -0.141. The summed E-state index contributed by atoms with van der Waals surface area (Å²) in [5.74, 6) is -1.76. The summed E-state index contributed by atoms with van der Waals surface area (Å²) in [4.78, 5) is 28.5. The van der Waals surface area contributed by atoms with Gasteiger partial charge in [0.25, 0.3) is 5.91 Å². The molecule has 0 aliphatic rings. The molecule has 0 radical (unpaired) electrons. The minimum atomic E-state index is -0.838. The van der Waals surface area contributed by atoms with Crippen LogP contribution in [-0.2, 0) is 9.53 Å². The molecule has 0 atom stereocenters. The number of carbonyl (C=O) groups excluding carboxylic acids is 2. The molecule has 20 heavy (non-hydrogen) atoms. The first-order valence-corrected chi connectivity index (χ1v) is 6.51. The topological polar surface area (TPSA) is 59.5 Å². The number of aromatic nitrogens is 1. The van der Waals surface area contributed by atoms with Crippen LogP contribution in [0.25, 0.3) is 0 Å². The van der Waals surface area contributed by atoms with Gasteiger partial charge in [0.1, 0.15) is 6.54 Å². The lowest BCUT2D eigenvalue weighted by Gasteiger charge is -2.23. The zero-order valence-electron chi connectivity index (χ0n) is 11.9. The number of carbonyl (C=O) groups is 2. The number of hydrogen-bond donors (Lipinski definition) is 0. The average molecular weight is 282 g/mol. The van der Waals surface area contributed by atoms with Crippen LogP contribution in [0.2, 0.25) is 0 Å². The van der Waals surface area contributed by atoms with Gasteiger partial charge < -0.3 is 9.64 Å². The van der Waals surface area contributed by atoms with Gasteiger partial charge in [0.15, 0.2) is 0 Å². The van der Waals surface area contributed by atoms with Gasteiger partial charge >= 0.3 is 5.97 Å². The molecule has 0 spiro atoms. The fourth-order valence-corrected chi connectivity index (χ4v) is 1.74. The fraction of sp³-hybridized carbons (Fsp3) is 0.500. The van der Waals surface area contributed by atoms with E-state index in [1.54, 1.807) is 6.92 Å². The first kappa shape index (κ1) is 16.1. The van der Waals surface area contributed by atoms with Gasteiger partial charge in [-0.1, -0.05) is 13.8 Å². The summed E-state index contributed by atoms with van der Waals surface area (Å²) < 4.78 is 18.4. The van der Waals surface area contributed by atoms with Crippen molar-refractivity contribution >= 4 is 11.9 Å². The van der Waals surface area contributed by atoms with E-state index in [2.05, 4.69) is 4.98 Å². The molecule has 0 bridgehead atoms. The second-order valence-electron chi connectivity index (χ2n) is 4.73. The molecule has 0 saturated carbocycles. The van der Waals surface area contributed by atoms with Crippen LogP contribution in [-0.4, -0.2) is 41.5 Å². The first-order chi connectivity index (χ1) is 9.45. The molecule has 0 fully saturated rings. The van der Waals surface area contributed by atoms with Crippen molar-refractivity contribution < 1.29 is 18.7 Å². The molecule has 0 aliphatic carbocycles. The van der Waals surface area contributed by atoms with E-state index in [1.807, 2.05) is 13.8 Å². The summed E-state index contributed by atoms with van der Waals surface area (Å²) in [7, 11) is 0. The number of esters is 1. The van der Waals surface area contributed by atoms with E-state index in [0.29, 0.717) is 6.54 Å². The summed E-state index contributed by atoms with van der Waals surface area (Å²) in [5, 5.41) is 0. The Morgan fingerprint density at radius 1 is 1.45 bits per heavy atom. The molecule has 6 heteroatoms. The number of ether oxygens (including phenoxy) is 1. The van der Waals surface area contributed by atoms with Crippen LogP contribution in [0.3, 0.4) is 0 Å². The Kier molecular flexibility index (Phi) is 6.09. The second kappa shape index (κ2) is 7.57. The third kappa shape index (κ3) is 4.60. The number of rotatable bonds is 6. The lowest BCUT2D eigenvalue weighted by atomic mass is 10.1. The molecule has 0 N–H and O–H groups in total. The SMILES string of the molecule is CCOC(=O)CN(CC(C)C)C(=O)c1cccnc1F. The molecule has 1 aromatic heterocycles. The maximum absolute atomic E-state index is 13.5. The van der Waals surface area contributed by atoms with Gasteiger partial charge in [0.05, 0.1) is 12.2 Å². The third-order valence-corrected chi connectivity index (χ3v) is 2.49. The molecule has 1 amide bonds. The van der Waals surface area contributed by atoms with Crippen LogP contribution in [0.4, 0.5) is 4.39 Å². The summed E-state index contributed by atoms with van der Waals surface area (Å²) >= 11 is 0. The van der Waals surface area contributed by atoms with Crippen LogP contribution < -0.4 is 0 Å². The number of hydrogen-bond acceptors (Lipinski definition) is 4. The molecule has 1 heterocycles. The van der Waals surface area contributed by atoms with Crippen LogP contribution in [0.15, 0.2) is 18.3 Å². The zero-order valence-corrected chi connectivity index (χ0v) is 11.9. The van der Waals surface area contributed by atoms with Crippen LogP contribution in [0.5, 0.6) is 0 Å². The highest BCUT2D eigenvalue weighted by Gasteiger charge is 2.23. The molecule has 5 nitrogen and oxygen atoms in total. The van der Waals surface area contributed by atoms with Gasteiger partial charge in [-0.15, -0.1) is 0 Å². The predicted octanol–water partition coefficient (Wildman–Crippen LogP) is 1.88. The highest BCUT2D eigenvalue weighted by Crippen LogP contribution is 2.10. The lowest BCUT2D eigenvalue weighted by molar-refractivity contribution is -0.143. The fourth-order valence-electron chi connectivity index (χ4n) is 1.74. The van der Waals surface area contributed by atoms with Crippen LogP contribution in [0.1, 0.15) is 31.1 Å². The number of pyridine rings is 1. The van der Waals surface area contributed by atoms with E-state index in [1.165, 1.54) is 23.2 Å². The summed E-state index contributed by atoms with van der Waals surface area (Å²) in [6.45, 7) is 5.89. The van der Waals surface area contributed by atoms with Gasteiger partial charge in [0, 0.05) is 12.7 Å². The van der Waals surface area contributed by atoms with Crippen molar-refractivity contribution in [1.82, 2.24) is 9.88 Å². The maximum atomic E-state index is 13.5. The first-order valence-electron chi connectivity index (χ1n) is 6.51. The normalized spacial score (nSPS) is 10.4. The average Bonchev–Trinajstić information content (AvgIpc) is 2.37. The Morgan fingerprint density at radius 2 is 2.15 bits per heavy atom. The minimum Gasteiger partial charge on any atom is -0.465 e. The van der Waals surface area contributed by atoms with E-state index < -0.39 is 17.8 Å². The quantitative estimate of drug-likeness (QED) is 0.590. The highest BCUT2D eigenvalue weighted by molar-refractivity contribution is 5.95. The Balaban J connectivity index is 2.90. The van der Waals surface area contributed by atoms with Gasteiger partial charge in [-0.3, -0.25) is 9.59 Å². The van der Waals surface area contributed by atoms with Crippen molar-refractivity contribution in [3.05, 3.63) is 29.8 Å². The monoisotopic (exact) mass is 282 g/mol. The largest absolute Gasteiger partial charge is 0.465 e. The van der Waals surface area contributed by atoms with Gasteiger partial charge in [-0.25, -0.2) is 4.98 Å². The van der Waals surface area contributed by atoms with E-state index >= 15 is 0 Å². The smallest absolute Gasteiger partial charge is 0.325 e. The molecule has 110 valence electrons. The van der Waals surface area contributed by atoms with Crippen molar-refractivity contribution in [2.75, 3.05) is 19.7 Å². The lowest BCUT2D eigenvalue weighted by Crippen LogP contribution is -2.39. The molecular formula is C14H19FN2O3. The Bertz CT molecular complexity index is 477. The van der Waals surface area contributed by atoms with Gasteiger partial charge in [-0.2, -0.15) is 4.39 Å². The van der Waals surface area contributed by atoms with E-state index in [9.17, 15) is 14.0 Å².